The number of nitrogens with one attached hydrogen (secondary N) is 1. The molecule has 0 radical (unpaired) electrons. The van der Waals surface area contributed by atoms with Gasteiger partial charge in [0.2, 0.25) is 17.6 Å². The highest BCUT2D eigenvalue weighted by Gasteiger charge is 2.27. The Kier molecular flexibility index (Phi) is 9.26. The number of amides is 1. The third-order valence-corrected chi connectivity index (χ3v) is 8.19. The van der Waals surface area contributed by atoms with Crippen molar-refractivity contribution in [3.63, 3.8) is 0 Å². The topological polar surface area (TPSA) is 89.7 Å². The molecule has 1 aliphatic heterocycles. The third-order valence-electron chi connectivity index (χ3n) is 6.80. The molecule has 1 saturated heterocycles. The lowest BCUT2D eigenvalue weighted by atomic mass is 9.97. The Bertz CT molecular complexity index is 1450. The summed E-state index contributed by atoms with van der Waals surface area (Å²) in [6.07, 6.45) is 1.75. The molecule has 1 aliphatic rings. The van der Waals surface area contributed by atoms with Crippen molar-refractivity contribution in [3.8, 4) is 22.9 Å². The molecule has 5 rings (SSSR count). The van der Waals surface area contributed by atoms with Crippen molar-refractivity contribution in [1.82, 2.24) is 15.0 Å². The largest absolute Gasteiger partial charge is 0.493 e. The number of nitrogens with zero attached hydrogens (tertiary/aromatic N) is 3. The van der Waals surface area contributed by atoms with Crippen molar-refractivity contribution < 1.29 is 18.8 Å². The quantitative estimate of drug-likeness (QED) is 0.212. The van der Waals surface area contributed by atoms with Gasteiger partial charge in [0.1, 0.15) is 0 Å². The average Bonchev–Trinajstić information content (AvgIpc) is 3.45. The van der Waals surface area contributed by atoms with Crippen LogP contribution in [0.15, 0.2) is 76.1 Å². The standard InChI is InChI=1S/C30H31ClN4O4S/c1-37-25-14-11-21(16-26(25)38-2)29-33-28(39-34-29)18-35-15-5-6-22(17-35)30(36)32-24-7-3-4-8-27(24)40-19-20-9-12-23(31)13-10-20/h3-4,7-14,16,22H,5-6,15,17-19H2,1-2H3,(H,32,36). The van der Waals surface area contributed by atoms with E-state index in [1.54, 1.807) is 26.0 Å². The molecule has 40 heavy (non-hydrogen) atoms. The van der Waals surface area contributed by atoms with Crippen LogP contribution < -0.4 is 14.8 Å². The normalized spacial score (nSPS) is 15.5. The first kappa shape index (κ1) is 28.0. The molecule has 8 nitrogen and oxygen atoms in total. The van der Waals surface area contributed by atoms with Crippen molar-refractivity contribution in [2.24, 2.45) is 5.92 Å². The van der Waals surface area contributed by atoms with E-state index >= 15 is 0 Å². The molecular weight excluding hydrogens is 548 g/mol. The van der Waals surface area contributed by atoms with Crippen LogP contribution in [0.3, 0.4) is 0 Å². The number of thioether (sulfide) groups is 1. The minimum Gasteiger partial charge on any atom is -0.493 e. The van der Waals surface area contributed by atoms with Crippen LogP contribution in [0.4, 0.5) is 5.69 Å². The van der Waals surface area contributed by atoms with E-state index in [0.717, 1.165) is 46.3 Å². The number of methoxy groups -OCH3 is 2. The number of benzene rings is 3. The fourth-order valence-corrected chi connectivity index (χ4v) is 5.78. The number of hydrogen-bond acceptors (Lipinski definition) is 8. The lowest BCUT2D eigenvalue weighted by Crippen LogP contribution is -2.40. The molecule has 0 aliphatic carbocycles. The van der Waals surface area contributed by atoms with Crippen molar-refractivity contribution in [2.45, 2.75) is 30.0 Å². The number of halogens is 1. The Hall–Kier alpha value is -3.53. The maximum absolute atomic E-state index is 13.3. The summed E-state index contributed by atoms with van der Waals surface area (Å²) in [5, 5.41) is 8.05. The van der Waals surface area contributed by atoms with E-state index in [1.165, 1.54) is 5.56 Å². The van der Waals surface area contributed by atoms with Crippen molar-refractivity contribution in [3.05, 3.63) is 83.2 Å². The summed E-state index contributed by atoms with van der Waals surface area (Å²) < 4.78 is 16.2. The lowest BCUT2D eigenvalue weighted by molar-refractivity contribution is -0.121. The number of hydrogen-bond donors (Lipinski definition) is 1. The molecule has 1 unspecified atom stereocenters. The molecule has 1 aromatic heterocycles. The van der Waals surface area contributed by atoms with E-state index in [0.29, 0.717) is 36.3 Å². The molecule has 2 heterocycles. The molecule has 0 bridgehead atoms. The molecule has 1 amide bonds. The van der Waals surface area contributed by atoms with Gasteiger partial charge in [0.15, 0.2) is 11.5 Å². The minimum absolute atomic E-state index is 0.0285. The zero-order valence-electron chi connectivity index (χ0n) is 22.4. The fraction of sp³-hybridized carbons (Fsp3) is 0.300. The van der Waals surface area contributed by atoms with Crippen LogP contribution in [0.25, 0.3) is 11.4 Å². The monoisotopic (exact) mass is 578 g/mol. The average molecular weight is 579 g/mol. The predicted molar refractivity (Wildman–Crippen MR) is 157 cm³/mol. The van der Waals surface area contributed by atoms with E-state index in [4.69, 9.17) is 25.6 Å². The molecule has 1 atom stereocenters. The van der Waals surface area contributed by atoms with E-state index in [1.807, 2.05) is 66.7 Å². The lowest BCUT2D eigenvalue weighted by Gasteiger charge is -2.31. The molecule has 0 spiro atoms. The van der Waals surface area contributed by atoms with Crippen LogP contribution in [-0.4, -0.2) is 48.3 Å². The number of para-hydroxylation sites is 1. The highest BCUT2D eigenvalue weighted by molar-refractivity contribution is 7.98. The number of ether oxygens (including phenoxy) is 2. The van der Waals surface area contributed by atoms with E-state index in [-0.39, 0.29) is 11.8 Å². The molecule has 208 valence electrons. The van der Waals surface area contributed by atoms with Gasteiger partial charge in [0.05, 0.1) is 32.4 Å². The van der Waals surface area contributed by atoms with Crippen molar-refractivity contribution >= 4 is 35.0 Å². The smallest absolute Gasteiger partial charge is 0.241 e. The Morgan fingerprint density at radius 2 is 1.90 bits per heavy atom. The molecule has 1 N–H and O–H groups in total. The van der Waals surface area contributed by atoms with Gasteiger partial charge < -0.3 is 19.3 Å². The summed E-state index contributed by atoms with van der Waals surface area (Å²) in [6.45, 7) is 1.98. The molecule has 4 aromatic rings. The van der Waals surface area contributed by atoms with Crippen molar-refractivity contribution in [1.29, 1.82) is 0 Å². The van der Waals surface area contributed by atoms with Crippen LogP contribution in [-0.2, 0) is 17.1 Å². The summed E-state index contributed by atoms with van der Waals surface area (Å²) in [5.41, 5.74) is 2.78. The van der Waals surface area contributed by atoms with Crippen LogP contribution in [0.5, 0.6) is 11.5 Å². The maximum Gasteiger partial charge on any atom is 0.241 e. The minimum atomic E-state index is -0.128. The maximum atomic E-state index is 13.3. The zero-order chi connectivity index (χ0) is 27.9. The summed E-state index contributed by atoms with van der Waals surface area (Å²) in [4.78, 5) is 21.1. The molecule has 1 fully saturated rings. The van der Waals surface area contributed by atoms with E-state index in [2.05, 4.69) is 20.4 Å². The second kappa shape index (κ2) is 13.2. The van der Waals surface area contributed by atoms with Gasteiger partial charge in [0, 0.05) is 27.8 Å². The number of piperidine rings is 1. The van der Waals surface area contributed by atoms with E-state index < -0.39 is 0 Å². The molecule has 0 saturated carbocycles. The number of carbonyl (C=O) groups excluding carboxylic acids is 1. The second-order valence-corrected chi connectivity index (χ2v) is 11.0. The van der Waals surface area contributed by atoms with Crippen LogP contribution in [0.2, 0.25) is 5.02 Å². The molecular formula is C30H31ClN4O4S. The van der Waals surface area contributed by atoms with Gasteiger partial charge in [-0.05, 0) is 67.4 Å². The SMILES string of the molecule is COc1ccc(-c2noc(CN3CCCC(C(=O)Nc4ccccc4SCc4ccc(Cl)cc4)C3)n2)cc1OC. The molecule has 10 heteroatoms. The Morgan fingerprint density at radius 3 is 2.70 bits per heavy atom. The summed E-state index contributed by atoms with van der Waals surface area (Å²) in [7, 11) is 3.18. The van der Waals surface area contributed by atoms with Crippen LogP contribution >= 0.6 is 23.4 Å². The van der Waals surface area contributed by atoms with Crippen LogP contribution in [0, 0.1) is 5.92 Å². The number of anilines is 1. The third kappa shape index (κ3) is 6.96. The van der Waals surface area contributed by atoms with Gasteiger partial charge in [-0.2, -0.15) is 4.98 Å². The van der Waals surface area contributed by atoms with E-state index in [9.17, 15) is 4.79 Å². The summed E-state index contributed by atoms with van der Waals surface area (Å²) >= 11 is 7.70. The summed E-state index contributed by atoms with van der Waals surface area (Å²) in [5.74, 6) is 2.91. The van der Waals surface area contributed by atoms with Crippen molar-refractivity contribution in [2.75, 3.05) is 32.6 Å². The number of rotatable bonds is 10. The first-order valence-corrected chi connectivity index (χ1v) is 14.4. The molecule has 3 aromatic carbocycles. The fourth-order valence-electron chi connectivity index (χ4n) is 4.69. The highest BCUT2D eigenvalue weighted by Crippen LogP contribution is 2.32. The number of carbonyl (C=O) groups is 1. The Balaban J connectivity index is 1.18. The van der Waals surface area contributed by atoms with Gasteiger partial charge in [-0.15, -0.1) is 11.8 Å². The van der Waals surface area contributed by atoms with Gasteiger partial charge in [0.25, 0.3) is 0 Å². The van der Waals surface area contributed by atoms with Gasteiger partial charge >= 0.3 is 0 Å². The first-order chi connectivity index (χ1) is 19.5. The first-order valence-electron chi connectivity index (χ1n) is 13.1. The Labute approximate surface area is 243 Å². The predicted octanol–water partition coefficient (Wildman–Crippen LogP) is 6.55. The highest BCUT2D eigenvalue weighted by atomic mass is 35.5. The van der Waals surface area contributed by atoms with Gasteiger partial charge in [-0.25, -0.2) is 0 Å². The number of likely N-dealkylation sites (tertiary alicyclic amines) is 1. The zero-order valence-corrected chi connectivity index (χ0v) is 24.0. The van der Waals surface area contributed by atoms with Crippen LogP contribution in [0.1, 0.15) is 24.3 Å². The summed E-state index contributed by atoms with van der Waals surface area (Å²) in [6, 6.07) is 21.3. The van der Waals surface area contributed by atoms with Gasteiger partial charge in [-0.1, -0.05) is 41.0 Å². The van der Waals surface area contributed by atoms with Gasteiger partial charge in [-0.3, -0.25) is 9.69 Å². The second-order valence-electron chi connectivity index (χ2n) is 9.56. The Morgan fingerprint density at radius 1 is 1.10 bits per heavy atom. The number of aromatic nitrogens is 2.